The van der Waals surface area contributed by atoms with Crippen molar-refractivity contribution >= 4 is 11.8 Å². The molecule has 82 valence electrons. The zero-order chi connectivity index (χ0) is 11.4. The molecule has 16 heavy (non-hydrogen) atoms. The van der Waals surface area contributed by atoms with Gasteiger partial charge in [0.25, 0.3) is 0 Å². The summed E-state index contributed by atoms with van der Waals surface area (Å²) in [6, 6.07) is 3.04. The zero-order valence-electron chi connectivity index (χ0n) is 8.12. The van der Waals surface area contributed by atoms with E-state index in [0.29, 0.717) is 18.2 Å². The highest BCUT2D eigenvalue weighted by atomic mass is 16.5. The fourth-order valence-electron chi connectivity index (χ4n) is 1.06. The number of rotatable bonds is 4. The third kappa shape index (κ3) is 2.32. The Balaban J connectivity index is 1.98. The van der Waals surface area contributed by atoms with E-state index in [9.17, 15) is 4.79 Å². The number of anilines is 1. The largest absolute Gasteiger partial charge is 0.478 e. The van der Waals surface area contributed by atoms with E-state index in [2.05, 4.69) is 25.0 Å². The van der Waals surface area contributed by atoms with E-state index in [0.717, 1.165) is 0 Å². The van der Waals surface area contributed by atoms with Gasteiger partial charge in [0.05, 0.1) is 12.1 Å². The molecule has 0 saturated heterocycles. The Morgan fingerprint density at radius 3 is 2.88 bits per heavy atom. The lowest BCUT2D eigenvalue weighted by Gasteiger charge is -2.02. The molecule has 2 rings (SSSR count). The average Bonchev–Trinajstić information content (AvgIpc) is 2.80. The van der Waals surface area contributed by atoms with E-state index >= 15 is 0 Å². The quantitative estimate of drug-likeness (QED) is 0.784. The number of carboxylic acid groups (broad SMARTS) is 1. The molecular weight excluding hydrogens is 212 g/mol. The van der Waals surface area contributed by atoms with E-state index in [4.69, 9.17) is 5.11 Å². The molecule has 2 aromatic rings. The standard InChI is InChI=1S/C9H8N4O3/c14-9(15)6-1-2-7(10-3-6)11-4-8-12-5-16-13-8/h1-3,5H,4H2,(H,10,11)(H,14,15). The summed E-state index contributed by atoms with van der Waals surface area (Å²) in [6.07, 6.45) is 2.51. The topological polar surface area (TPSA) is 101 Å². The first-order valence-corrected chi connectivity index (χ1v) is 4.44. The van der Waals surface area contributed by atoms with Crippen LogP contribution in [-0.4, -0.2) is 26.2 Å². The lowest BCUT2D eigenvalue weighted by atomic mass is 10.3. The van der Waals surface area contributed by atoms with Crippen LogP contribution in [0, 0.1) is 0 Å². The van der Waals surface area contributed by atoms with E-state index in [-0.39, 0.29) is 5.56 Å². The van der Waals surface area contributed by atoms with Crippen LogP contribution in [0.4, 0.5) is 5.82 Å². The number of pyridine rings is 1. The van der Waals surface area contributed by atoms with Crippen LogP contribution in [0.1, 0.15) is 16.2 Å². The molecule has 2 heterocycles. The van der Waals surface area contributed by atoms with Gasteiger partial charge in [-0.2, -0.15) is 4.98 Å². The van der Waals surface area contributed by atoms with Crippen molar-refractivity contribution in [2.45, 2.75) is 6.54 Å². The van der Waals surface area contributed by atoms with Crippen LogP contribution in [0.2, 0.25) is 0 Å². The molecule has 0 radical (unpaired) electrons. The van der Waals surface area contributed by atoms with E-state index < -0.39 is 5.97 Å². The molecule has 7 heteroatoms. The summed E-state index contributed by atoms with van der Waals surface area (Å²) in [5.74, 6) is 0.0520. The lowest BCUT2D eigenvalue weighted by molar-refractivity contribution is 0.0696. The van der Waals surface area contributed by atoms with Crippen LogP contribution in [0.15, 0.2) is 29.2 Å². The smallest absolute Gasteiger partial charge is 0.337 e. The van der Waals surface area contributed by atoms with Crippen molar-refractivity contribution in [2.24, 2.45) is 0 Å². The normalized spacial score (nSPS) is 10.0. The number of carbonyl (C=O) groups is 1. The highest BCUT2D eigenvalue weighted by Crippen LogP contribution is 2.05. The minimum absolute atomic E-state index is 0.144. The summed E-state index contributed by atoms with van der Waals surface area (Å²) in [5.41, 5.74) is 0.144. The maximum Gasteiger partial charge on any atom is 0.337 e. The van der Waals surface area contributed by atoms with Crippen molar-refractivity contribution in [3.8, 4) is 0 Å². The lowest BCUT2D eigenvalue weighted by Crippen LogP contribution is -2.04. The molecule has 0 aromatic carbocycles. The molecule has 0 atom stereocenters. The molecule has 0 aliphatic carbocycles. The second kappa shape index (κ2) is 4.39. The van der Waals surface area contributed by atoms with Crippen molar-refractivity contribution in [3.63, 3.8) is 0 Å². The number of aromatic nitrogens is 3. The first kappa shape index (κ1) is 10.1. The van der Waals surface area contributed by atoms with Gasteiger partial charge in [-0.05, 0) is 12.1 Å². The predicted octanol–water partition coefficient (Wildman–Crippen LogP) is 0.775. The Hall–Kier alpha value is -2.44. The predicted molar refractivity (Wildman–Crippen MR) is 52.8 cm³/mol. The van der Waals surface area contributed by atoms with Gasteiger partial charge >= 0.3 is 5.97 Å². The Bertz CT molecular complexity index is 466. The maximum atomic E-state index is 10.6. The average molecular weight is 220 g/mol. The van der Waals surface area contributed by atoms with Gasteiger partial charge in [-0.1, -0.05) is 5.16 Å². The summed E-state index contributed by atoms with van der Waals surface area (Å²) in [6.45, 7) is 0.371. The third-order valence-corrected chi connectivity index (χ3v) is 1.84. The molecule has 7 nitrogen and oxygen atoms in total. The summed E-state index contributed by atoms with van der Waals surface area (Å²) in [7, 11) is 0. The molecule has 2 aromatic heterocycles. The fourth-order valence-corrected chi connectivity index (χ4v) is 1.06. The number of hydrogen-bond acceptors (Lipinski definition) is 6. The SMILES string of the molecule is O=C(O)c1ccc(NCc2ncon2)nc1. The number of nitrogens with one attached hydrogen (secondary N) is 1. The molecule has 0 saturated carbocycles. The van der Waals surface area contributed by atoms with Gasteiger partial charge in [0.2, 0.25) is 6.39 Å². The number of hydrogen-bond donors (Lipinski definition) is 2. The molecule has 2 N–H and O–H groups in total. The van der Waals surface area contributed by atoms with Gasteiger partial charge < -0.3 is 14.9 Å². The van der Waals surface area contributed by atoms with Crippen molar-refractivity contribution in [3.05, 3.63) is 36.1 Å². The van der Waals surface area contributed by atoms with Crippen molar-refractivity contribution < 1.29 is 14.4 Å². The van der Waals surface area contributed by atoms with Crippen molar-refractivity contribution in [1.29, 1.82) is 0 Å². The Kier molecular flexibility index (Phi) is 2.77. The zero-order valence-corrected chi connectivity index (χ0v) is 8.12. The first-order chi connectivity index (χ1) is 7.75. The van der Waals surface area contributed by atoms with Gasteiger partial charge in [0.15, 0.2) is 5.82 Å². The van der Waals surface area contributed by atoms with Gasteiger partial charge in [0, 0.05) is 6.20 Å². The van der Waals surface area contributed by atoms with E-state index in [1.165, 1.54) is 18.7 Å². The van der Waals surface area contributed by atoms with Crippen molar-refractivity contribution in [1.82, 2.24) is 15.1 Å². The van der Waals surface area contributed by atoms with E-state index in [1.54, 1.807) is 6.07 Å². The summed E-state index contributed by atoms with van der Waals surface area (Å²) >= 11 is 0. The van der Waals surface area contributed by atoms with Gasteiger partial charge in [-0.15, -0.1) is 0 Å². The molecule has 0 bridgehead atoms. The van der Waals surface area contributed by atoms with E-state index in [1.807, 2.05) is 0 Å². The molecule has 0 fully saturated rings. The summed E-state index contributed by atoms with van der Waals surface area (Å²) in [5, 5.41) is 15.2. The molecule has 0 aliphatic heterocycles. The molecule has 0 unspecified atom stereocenters. The minimum atomic E-state index is -1.00. The minimum Gasteiger partial charge on any atom is -0.478 e. The van der Waals surface area contributed by atoms with Crippen LogP contribution in [0.25, 0.3) is 0 Å². The van der Waals surface area contributed by atoms with Crippen LogP contribution in [0.5, 0.6) is 0 Å². The molecular formula is C9H8N4O3. The third-order valence-electron chi connectivity index (χ3n) is 1.84. The molecule has 0 aliphatic rings. The van der Waals surface area contributed by atoms with Gasteiger partial charge in [0.1, 0.15) is 5.82 Å². The van der Waals surface area contributed by atoms with Crippen LogP contribution < -0.4 is 5.32 Å². The van der Waals surface area contributed by atoms with Crippen LogP contribution >= 0.6 is 0 Å². The number of carboxylic acids is 1. The molecule has 0 spiro atoms. The van der Waals surface area contributed by atoms with Crippen LogP contribution in [-0.2, 0) is 6.54 Å². The Morgan fingerprint density at radius 1 is 1.44 bits per heavy atom. The van der Waals surface area contributed by atoms with Crippen LogP contribution in [0.3, 0.4) is 0 Å². The Labute approximate surface area is 90.1 Å². The van der Waals surface area contributed by atoms with Crippen molar-refractivity contribution in [2.75, 3.05) is 5.32 Å². The first-order valence-electron chi connectivity index (χ1n) is 4.44. The molecule has 0 amide bonds. The summed E-state index contributed by atoms with van der Waals surface area (Å²) in [4.78, 5) is 18.3. The second-order valence-corrected chi connectivity index (χ2v) is 2.94. The van der Waals surface area contributed by atoms with Gasteiger partial charge in [-0.25, -0.2) is 9.78 Å². The maximum absolute atomic E-state index is 10.6. The highest BCUT2D eigenvalue weighted by Gasteiger charge is 2.03. The van der Waals surface area contributed by atoms with Gasteiger partial charge in [-0.3, -0.25) is 0 Å². The monoisotopic (exact) mass is 220 g/mol. The number of aromatic carboxylic acids is 1. The number of nitrogens with zero attached hydrogens (tertiary/aromatic N) is 3. The summed E-state index contributed by atoms with van der Waals surface area (Å²) < 4.78 is 4.55. The second-order valence-electron chi connectivity index (χ2n) is 2.94. The fraction of sp³-hybridized carbons (Fsp3) is 0.111. The highest BCUT2D eigenvalue weighted by molar-refractivity contribution is 5.87. The Morgan fingerprint density at radius 2 is 2.31 bits per heavy atom.